The standard InChI is InChI=1S/C22H25F2N5O3/c1-21(2,3)32-20(30)27-17-7-22(11-25,29-9-13-8-26-28-18(13)10-29)12-31-19(17)15-6-14(23)4-5-16(15)24/h4-6,8,17,19H,7,9-10,12H2,1-3H3,(H,26,28)(H,27,30)/t17-,19+,22?/m0/s1. The van der Waals surface area contributed by atoms with E-state index in [0.717, 1.165) is 29.5 Å². The third kappa shape index (κ3) is 4.31. The number of nitrogens with one attached hydrogen (secondary N) is 2. The van der Waals surface area contributed by atoms with Gasteiger partial charge in [-0.3, -0.25) is 10.00 Å². The molecule has 3 heterocycles. The first-order valence-corrected chi connectivity index (χ1v) is 10.3. The molecule has 2 aliphatic rings. The number of nitriles is 1. The van der Waals surface area contributed by atoms with Crippen molar-refractivity contribution in [3.05, 3.63) is 52.9 Å². The van der Waals surface area contributed by atoms with E-state index in [1.165, 1.54) is 0 Å². The molecule has 2 aromatic rings. The van der Waals surface area contributed by atoms with Gasteiger partial charge >= 0.3 is 6.09 Å². The molecule has 0 radical (unpaired) electrons. The number of carbonyl (C=O) groups excluding carboxylic acids is 1. The van der Waals surface area contributed by atoms with Gasteiger partial charge in [0.2, 0.25) is 0 Å². The van der Waals surface area contributed by atoms with Gasteiger partial charge in [0.25, 0.3) is 0 Å². The second kappa shape index (κ2) is 8.15. The summed E-state index contributed by atoms with van der Waals surface area (Å²) in [4.78, 5) is 14.5. The second-order valence-corrected chi connectivity index (χ2v) is 9.21. The van der Waals surface area contributed by atoms with Crippen molar-refractivity contribution in [1.29, 1.82) is 5.26 Å². The predicted octanol–water partition coefficient (Wildman–Crippen LogP) is 3.32. The molecule has 3 atom stereocenters. The number of aromatic nitrogens is 2. The zero-order valence-electron chi connectivity index (χ0n) is 18.1. The molecule has 4 rings (SSSR count). The van der Waals surface area contributed by atoms with Crippen molar-refractivity contribution in [2.45, 2.75) is 63.6 Å². The summed E-state index contributed by atoms with van der Waals surface area (Å²) in [6.07, 6.45) is 0.208. The molecular weight excluding hydrogens is 420 g/mol. The number of carbonyl (C=O) groups is 1. The van der Waals surface area contributed by atoms with Crippen molar-refractivity contribution in [2.24, 2.45) is 0 Å². The van der Waals surface area contributed by atoms with Crippen LogP contribution in [0.3, 0.4) is 0 Å². The molecule has 1 unspecified atom stereocenters. The van der Waals surface area contributed by atoms with Crippen molar-refractivity contribution in [2.75, 3.05) is 6.61 Å². The third-order valence-electron chi connectivity index (χ3n) is 5.72. The van der Waals surface area contributed by atoms with Gasteiger partial charge in [-0.25, -0.2) is 13.6 Å². The Hall–Kier alpha value is -3.03. The van der Waals surface area contributed by atoms with E-state index in [0.29, 0.717) is 13.1 Å². The Labute approximate surface area is 184 Å². The molecule has 10 heteroatoms. The number of ether oxygens (including phenoxy) is 2. The number of amides is 1. The minimum Gasteiger partial charge on any atom is -0.444 e. The van der Waals surface area contributed by atoms with E-state index in [1.54, 1.807) is 27.0 Å². The van der Waals surface area contributed by atoms with E-state index in [2.05, 4.69) is 21.6 Å². The molecule has 1 aromatic heterocycles. The van der Waals surface area contributed by atoms with Crippen molar-refractivity contribution >= 4 is 6.09 Å². The minimum atomic E-state index is -1.09. The first-order valence-electron chi connectivity index (χ1n) is 10.3. The van der Waals surface area contributed by atoms with Crippen LogP contribution in [0.5, 0.6) is 0 Å². The molecule has 32 heavy (non-hydrogen) atoms. The topological polar surface area (TPSA) is 103 Å². The Morgan fingerprint density at radius 2 is 2.19 bits per heavy atom. The number of benzene rings is 1. The molecule has 2 aliphatic heterocycles. The Morgan fingerprint density at radius 1 is 1.41 bits per heavy atom. The highest BCUT2D eigenvalue weighted by Gasteiger charge is 2.49. The van der Waals surface area contributed by atoms with Crippen LogP contribution in [0.4, 0.5) is 13.6 Å². The Kier molecular flexibility index (Phi) is 5.65. The molecule has 0 spiro atoms. The predicted molar refractivity (Wildman–Crippen MR) is 109 cm³/mol. The van der Waals surface area contributed by atoms with Gasteiger partial charge in [0.05, 0.1) is 24.4 Å². The third-order valence-corrected chi connectivity index (χ3v) is 5.72. The van der Waals surface area contributed by atoms with Gasteiger partial charge in [-0.1, -0.05) is 0 Å². The highest BCUT2D eigenvalue weighted by molar-refractivity contribution is 5.68. The molecular formula is C22H25F2N5O3. The zero-order chi connectivity index (χ0) is 23.1. The van der Waals surface area contributed by atoms with Gasteiger partial charge in [-0.15, -0.1) is 0 Å². The molecule has 1 saturated heterocycles. The van der Waals surface area contributed by atoms with Crippen LogP contribution in [0.15, 0.2) is 24.4 Å². The average Bonchev–Trinajstić information content (AvgIpc) is 3.31. The molecule has 0 saturated carbocycles. The number of rotatable bonds is 3. The van der Waals surface area contributed by atoms with E-state index in [-0.39, 0.29) is 18.6 Å². The largest absolute Gasteiger partial charge is 0.444 e. The van der Waals surface area contributed by atoms with Crippen LogP contribution in [0, 0.1) is 23.0 Å². The summed E-state index contributed by atoms with van der Waals surface area (Å²) in [6, 6.07) is 4.59. The number of aromatic amines is 1. The van der Waals surface area contributed by atoms with Crippen LogP contribution in [-0.4, -0.2) is 45.0 Å². The van der Waals surface area contributed by atoms with E-state index in [9.17, 15) is 18.8 Å². The van der Waals surface area contributed by atoms with E-state index < -0.39 is 41.0 Å². The van der Waals surface area contributed by atoms with Crippen molar-refractivity contribution in [3.8, 4) is 6.07 Å². The van der Waals surface area contributed by atoms with Gasteiger partial charge in [-0.05, 0) is 39.0 Å². The number of fused-ring (bicyclic) bond motifs is 1. The number of hydrogen-bond acceptors (Lipinski definition) is 6. The summed E-state index contributed by atoms with van der Waals surface area (Å²) in [5, 5.41) is 19.9. The van der Waals surface area contributed by atoms with E-state index in [1.807, 2.05) is 4.90 Å². The SMILES string of the molecule is CC(C)(C)OC(=O)N[C@H]1CC(C#N)(N2Cc3c[nH]nc3C2)CO[C@@H]1c1cc(F)ccc1F. The number of H-pyrrole nitrogens is 1. The van der Waals surface area contributed by atoms with Gasteiger partial charge in [0, 0.05) is 36.8 Å². The lowest BCUT2D eigenvalue weighted by molar-refractivity contribution is -0.0889. The van der Waals surface area contributed by atoms with Gasteiger partial charge in [-0.2, -0.15) is 10.4 Å². The van der Waals surface area contributed by atoms with Crippen LogP contribution >= 0.6 is 0 Å². The molecule has 1 amide bonds. The number of halogens is 2. The molecule has 1 aromatic carbocycles. The van der Waals surface area contributed by atoms with Crippen LogP contribution in [-0.2, 0) is 22.6 Å². The summed E-state index contributed by atoms with van der Waals surface area (Å²) < 4.78 is 39.8. The Bertz CT molecular complexity index is 1040. The fourth-order valence-corrected chi connectivity index (χ4v) is 4.23. The fourth-order valence-electron chi connectivity index (χ4n) is 4.23. The van der Waals surface area contributed by atoms with Gasteiger partial charge in [0.15, 0.2) is 0 Å². The highest BCUT2D eigenvalue weighted by atomic mass is 19.1. The summed E-state index contributed by atoms with van der Waals surface area (Å²) in [7, 11) is 0. The average molecular weight is 445 g/mol. The smallest absolute Gasteiger partial charge is 0.407 e. The van der Waals surface area contributed by atoms with E-state index in [4.69, 9.17) is 9.47 Å². The Balaban J connectivity index is 1.63. The lowest BCUT2D eigenvalue weighted by Gasteiger charge is -2.45. The number of nitrogens with zero attached hydrogens (tertiary/aromatic N) is 3. The molecule has 0 bridgehead atoms. The maximum absolute atomic E-state index is 14.6. The maximum atomic E-state index is 14.6. The van der Waals surface area contributed by atoms with Crippen molar-refractivity contribution in [3.63, 3.8) is 0 Å². The summed E-state index contributed by atoms with van der Waals surface area (Å²) >= 11 is 0. The lowest BCUT2D eigenvalue weighted by Crippen LogP contribution is -2.59. The van der Waals surface area contributed by atoms with Crippen LogP contribution in [0.1, 0.15) is 50.1 Å². The zero-order valence-corrected chi connectivity index (χ0v) is 18.1. The summed E-state index contributed by atoms with van der Waals surface area (Å²) in [5.74, 6) is -1.28. The number of alkyl carbamates (subject to hydrolysis) is 1. The van der Waals surface area contributed by atoms with Crippen LogP contribution in [0.2, 0.25) is 0 Å². The maximum Gasteiger partial charge on any atom is 0.407 e. The molecule has 8 nitrogen and oxygen atoms in total. The molecule has 170 valence electrons. The molecule has 1 fully saturated rings. The minimum absolute atomic E-state index is 0.0211. The normalized spacial score (nSPS) is 25.8. The van der Waals surface area contributed by atoms with Crippen molar-refractivity contribution < 1.29 is 23.0 Å². The van der Waals surface area contributed by atoms with Gasteiger partial charge < -0.3 is 14.8 Å². The monoisotopic (exact) mass is 445 g/mol. The van der Waals surface area contributed by atoms with Crippen molar-refractivity contribution in [1.82, 2.24) is 20.4 Å². The van der Waals surface area contributed by atoms with E-state index >= 15 is 0 Å². The first-order chi connectivity index (χ1) is 15.1. The summed E-state index contributed by atoms with van der Waals surface area (Å²) in [6.45, 7) is 6.05. The molecule has 0 aliphatic carbocycles. The highest BCUT2D eigenvalue weighted by Crippen LogP contribution is 2.40. The van der Waals surface area contributed by atoms with Crippen LogP contribution in [0.25, 0.3) is 0 Å². The second-order valence-electron chi connectivity index (χ2n) is 9.21. The summed E-state index contributed by atoms with van der Waals surface area (Å²) in [5.41, 5.74) is -0.0419. The quantitative estimate of drug-likeness (QED) is 0.751. The van der Waals surface area contributed by atoms with Gasteiger partial charge in [0.1, 0.15) is 28.9 Å². The lowest BCUT2D eigenvalue weighted by atomic mass is 9.84. The fraction of sp³-hybridized carbons (Fsp3) is 0.500. The Morgan fingerprint density at radius 3 is 2.88 bits per heavy atom. The molecule has 2 N–H and O–H groups in total. The number of hydrogen-bond donors (Lipinski definition) is 2. The first kappa shape index (κ1) is 22.2. The van der Waals surface area contributed by atoms with Crippen LogP contribution < -0.4 is 5.32 Å².